The van der Waals surface area contributed by atoms with Gasteiger partial charge in [0.05, 0.1) is 17.4 Å². The zero-order chi connectivity index (χ0) is 27.0. The van der Waals surface area contributed by atoms with Crippen LogP contribution in [0.4, 0.5) is 0 Å². The summed E-state index contributed by atoms with van der Waals surface area (Å²) in [4.78, 5) is 48.3. The Bertz CT molecular complexity index is 1110. The van der Waals surface area contributed by atoms with Gasteiger partial charge in [-0.15, -0.1) is 0 Å². The number of amides is 2. The van der Waals surface area contributed by atoms with E-state index < -0.39 is 17.4 Å². The van der Waals surface area contributed by atoms with E-state index in [1.54, 1.807) is 12.1 Å². The van der Waals surface area contributed by atoms with Crippen molar-refractivity contribution >= 4 is 34.5 Å². The average molecular weight is 706 g/mol. The number of carboxylic acid groups (broad SMARTS) is 2. The van der Waals surface area contributed by atoms with Gasteiger partial charge in [-0.2, -0.15) is 0 Å². The number of nitrogens with zero attached hydrogens (tertiary/aromatic N) is 1. The Labute approximate surface area is 236 Å². The van der Waals surface area contributed by atoms with E-state index in [1.165, 1.54) is 17.7 Å². The second kappa shape index (κ2) is 14.4. The first-order valence-electron chi connectivity index (χ1n) is 12.6. The van der Waals surface area contributed by atoms with Crippen LogP contribution in [0.25, 0.3) is 10.8 Å². The number of piperidine rings is 1. The van der Waals surface area contributed by atoms with Gasteiger partial charge in [0.15, 0.2) is 0 Å². The minimum absolute atomic E-state index is 0. The number of hydrogen-bond acceptors (Lipinski definition) is 8. The Morgan fingerprint density at radius 3 is 1.97 bits per heavy atom. The number of hydrogen-bond donors (Lipinski definition) is 3. The molecule has 0 spiro atoms. The van der Waals surface area contributed by atoms with Gasteiger partial charge in [-0.05, 0) is 48.6 Å². The molecule has 0 bridgehead atoms. The third-order valence-corrected chi connectivity index (χ3v) is 7.26. The number of carbonyl (C=O) groups is 4. The molecule has 0 radical (unpaired) electrons. The fourth-order valence-electron chi connectivity index (χ4n) is 4.69. The summed E-state index contributed by atoms with van der Waals surface area (Å²) >= 11 is 0. The van der Waals surface area contributed by atoms with E-state index in [0.717, 1.165) is 23.6 Å². The zero-order valence-corrected chi connectivity index (χ0v) is 23.4. The smallest absolute Gasteiger partial charge is 0.549 e. The molecule has 10 nitrogen and oxygen atoms in total. The van der Waals surface area contributed by atoms with Crippen molar-refractivity contribution in [2.24, 2.45) is 16.9 Å². The van der Waals surface area contributed by atoms with Crippen LogP contribution in [-0.2, 0) is 35.4 Å². The molecule has 0 unspecified atom stereocenters. The number of likely N-dealkylation sites (tertiary alicyclic amines) is 1. The van der Waals surface area contributed by atoms with Gasteiger partial charge in [-0.3, -0.25) is 9.59 Å². The average Bonchev–Trinajstić information content (AvgIpc) is 2.90. The molecule has 2 amide bonds. The summed E-state index contributed by atoms with van der Waals surface area (Å²) in [6, 6.07) is 13.6. The molecule has 2 atom stereocenters. The molecule has 1 saturated carbocycles. The summed E-state index contributed by atoms with van der Waals surface area (Å²) in [5.41, 5.74) is 9.74. The molecule has 0 aromatic heterocycles. The van der Waals surface area contributed by atoms with E-state index >= 15 is 0 Å². The molecule has 2 aromatic rings. The first kappa shape index (κ1) is 31.4. The van der Waals surface area contributed by atoms with Crippen LogP contribution in [0.3, 0.4) is 0 Å². The molecule has 38 heavy (non-hydrogen) atoms. The molecule has 1 heterocycles. The Morgan fingerprint density at radius 2 is 1.45 bits per heavy atom. The fourth-order valence-corrected chi connectivity index (χ4v) is 4.69. The molecule has 1 saturated heterocycles. The molecule has 2 aliphatic rings. The zero-order valence-electron chi connectivity index (χ0n) is 21.1. The van der Waals surface area contributed by atoms with Crippen LogP contribution >= 0.6 is 0 Å². The summed E-state index contributed by atoms with van der Waals surface area (Å²) in [6.07, 6.45) is 4.31. The first-order chi connectivity index (χ1) is 17.6. The van der Waals surface area contributed by atoms with Crippen LogP contribution in [0.15, 0.2) is 42.5 Å². The molecule has 4 rings (SSSR count). The number of carbonyl (C=O) groups excluding carboxylic acids is 4. The van der Waals surface area contributed by atoms with Crippen LogP contribution in [0.2, 0.25) is 0 Å². The second-order valence-electron chi connectivity index (χ2n) is 9.72. The minimum atomic E-state index is -2.05. The molecule has 2 aromatic carbocycles. The molecule has 1 aliphatic heterocycles. The van der Waals surface area contributed by atoms with E-state index in [1.807, 2.05) is 30.3 Å². The maximum atomic E-state index is 12.3. The van der Waals surface area contributed by atoms with Crippen LogP contribution < -0.4 is 27.0 Å². The molecular formula is C27H34N4O6Pt. The van der Waals surface area contributed by atoms with Gasteiger partial charge < -0.3 is 41.5 Å². The number of rotatable bonds is 6. The predicted octanol–water partition coefficient (Wildman–Crippen LogP) is -0.719. The molecule has 1 aliphatic carbocycles. The summed E-state index contributed by atoms with van der Waals surface area (Å²) in [6.45, 7) is 0.0892. The van der Waals surface area contributed by atoms with Gasteiger partial charge in [0, 0.05) is 43.7 Å². The third kappa shape index (κ3) is 7.85. The SMILES string of the molecule is N[C@@H]1CCCC[C@H]1N.O=C(NCCC(=O)N1CCC(C(=O)[O-])(C(=O)[O-])CC1)c1ccc2ccccc2c1.[Pt+2]. The number of nitrogens with one attached hydrogen (secondary N) is 1. The van der Waals surface area contributed by atoms with E-state index in [2.05, 4.69) is 5.32 Å². The largest absolute Gasteiger partial charge is 2.00 e. The van der Waals surface area contributed by atoms with Crippen molar-refractivity contribution in [1.82, 2.24) is 10.2 Å². The van der Waals surface area contributed by atoms with E-state index in [-0.39, 0.29) is 83.9 Å². The normalized spacial score (nSPS) is 20.3. The van der Waals surface area contributed by atoms with Gasteiger partial charge in [-0.1, -0.05) is 43.2 Å². The van der Waals surface area contributed by atoms with Crippen LogP contribution in [0.5, 0.6) is 0 Å². The van der Waals surface area contributed by atoms with E-state index in [9.17, 15) is 29.4 Å². The number of fused-ring (bicyclic) bond motifs is 1. The van der Waals surface area contributed by atoms with Crippen molar-refractivity contribution in [3.63, 3.8) is 0 Å². The standard InChI is InChI=1S/C21H22N2O6.C6H14N2.Pt/c24-17(23-11-8-21(9-12-23,19(26)27)20(28)29)7-10-22-18(25)16-6-5-14-3-1-2-4-15(14)13-16;7-5-3-1-2-4-6(5)8;/h1-6,13H,7-12H2,(H,22,25)(H,26,27)(H,28,29);5-6H,1-4,7-8H2;/q;;+2/p-2/t;5-,6-;/m.1./s1. The number of aliphatic carboxylic acids is 2. The van der Waals surface area contributed by atoms with E-state index in [4.69, 9.17) is 11.5 Å². The Morgan fingerprint density at radius 1 is 0.895 bits per heavy atom. The summed E-state index contributed by atoms with van der Waals surface area (Å²) in [5, 5.41) is 27.0. The summed E-state index contributed by atoms with van der Waals surface area (Å²) < 4.78 is 0. The van der Waals surface area contributed by atoms with Crippen molar-refractivity contribution in [2.75, 3.05) is 19.6 Å². The Balaban J connectivity index is 0.000000482. The van der Waals surface area contributed by atoms with Crippen LogP contribution in [0, 0.1) is 5.41 Å². The van der Waals surface area contributed by atoms with Crippen molar-refractivity contribution in [2.45, 2.75) is 57.0 Å². The monoisotopic (exact) mass is 705 g/mol. The second-order valence-corrected chi connectivity index (χ2v) is 9.72. The van der Waals surface area contributed by atoms with Crippen LogP contribution in [-0.4, -0.2) is 60.4 Å². The summed E-state index contributed by atoms with van der Waals surface area (Å²) in [7, 11) is 0. The Hall–Kier alpha value is -2.81. The topological polar surface area (TPSA) is 182 Å². The molecule has 11 heteroatoms. The van der Waals surface area contributed by atoms with Crippen molar-refractivity contribution < 1.29 is 50.5 Å². The molecule has 5 N–H and O–H groups in total. The number of nitrogens with two attached hydrogens (primary N) is 2. The minimum Gasteiger partial charge on any atom is -0.549 e. The van der Waals surface area contributed by atoms with Gasteiger partial charge in [0.25, 0.3) is 5.91 Å². The van der Waals surface area contributed by atoms with Crippen LogP contribution in [0.1, 0.15) is 55.3 Å². The van der Waals surface area contributed by atoms with Gasteiger partial charge >= 0.3 is 21.1 Å². The molecule has 208 valence electrons. The van der Waals surface area contributed by atoms with Crippen molar-refractivity contribution in [3.8, 4) is 0 Å². The van der Waals surface area contributed by atoms with Gasteiger partial charge in [-0.25, -0.2) is 0 Å². The third-order valence-electron chi connectivity index (χ3n) is 7.26. The predicted molar refractivity (Wildman–Crippen MR) is 134 cm³/mol. The first-order valence-corrected chi connectivity index (χ1v) is 12.6. The van der Waals surface area contributed by atoms with E-state index in [0.29, 0.717) is 5.56 Å². The fraction of sp³-hybridized carbons (Fsp3) is 0.481. The number of benzene rings is 2. The molecule has 2 fully saturated rings. The van der Waals surface area contributed by atoms with Gasteiger partial charge in [0.2, 0.25) is 5.91 Å². The van der Waals surface area contributed by atoms with Crippen molar-refractivity contribution in [3.05, 3.63) is 48.0 Å². The maximum absolute atomic E-state index is 12.3. The Kier molecular flexibility index (Phi) is 11.9. The maximum Gasteiger partial charge on any atom is 2.00 e. The number of carboxylic acids is 2. The van der Waals surface area contributed by atoms with Gasteiger partial charge in [0.1, 0.15) is 0 Å². The molecular weight excluding hydrogens is 671 g/mol. The quantitative estimate of drug-likeness (QED) is 0.330. The summed E-state index contributed by atoms with van der Waals surface area (Å²) in [5.74, 6) is -3.95. The van der Waals surface area contributed by atoms with Crippen molar-refractivity contribution in [1.29, 1.82) is 0 Å².